The monoisotopic (exact) mass is 412 g/mol. The summed E-state index contributed by atoms with van der Waals surface area (Å²) in [7, 11) is 0. The molecule has 25 heavy (non-hydrogen) atoms. The second-order valence-corrected chi connectivity index (χ2v) is 8.22. The van der Waals surface area contributed by atoms with Crippen molar-refractivity contribution >= 4 is 39.5 Å². The Morgan fingerprint density at radius 2 is 1.60 bits per heavy atom. The molecule has 8 nitrogen and oxygen atoms in total. The first-order valence-corrected chi connectivity index (χ1v) is 8.42. The molecule has 0 aliphatic rings. The minimum atomic E-state index is -0.840. The number of fused-ring (bicyclic) bond motifs is 1. The third-order valence-corrected chi connectivity index (χ3v) is 3.31. The number of pyridine rings is 1. The number of carbonyl (C=O) groups is 2. The van der Waals surface area contributed by atoms with Gasteiger partial charge < -0.3 is 9.47 Å². The maximum atomic E-state index is 12.6. The summed E-state index contributed by atoms with van der Waals surface area (Å²) in [6, 6.07) is 1.58. The first-order valence-electron chi connectivity index (χ1n) is 7.62. The van der Waals surface area contributed by atoms with Gasteiger partial charge >= 0.3 is 12.2 Å². The van der Waals surface area contributed by atoms with E-state index in [4.69, 9.17) is 9.47 Å². The summed E-state index contributed by atoms with van der Waals surface area (Å²) in [6.45, 7) is 10.3. The number of halogens is 1. The Morgan fingerprint density at radius 1 is 1.08 bits per heavy atom. The highest BCUT2D eigenvalue weighted by atomic mass is 79.9. The summed E-state index contributed by atoms with van der Waals surface area (Å²) in [5.74, 6) is 0. The zero-order chi connectivity index (χ0) is 19.0. The largest absolute Gasteiger partial charge is 0.443 e. The molecule has 0 spiro atoms. The number of hydrogen-bond donors (Lipinski definition) is 0. The predicted molar refractivity (Wildman–Crippen MR) is 95.6 cm³/mol. The molecule has 2 heterocycles. The summed E-state index contributed by atoms with van der Waals surface area (Å²) in [5, 5.41) is 4.04. The second-order valence-electron chi connectivity index (χ2n) is 7.37. The van der Waals surface area contributed by atoms with E-state index in [2.05, 4.69) is 26.0 Å². The summed E-state index contributed by atoms with van der Waals surface area (Å²) >= 11 is 3.36. The van der Waals surface area contributed by atoms with Gasteiger partial charge in [0.05, 0.1) is 16.4 Å². The molecule has 0 saturated heterocycles. The Bertz CT molecular complexity index is 777. The van der Waals surface area contributed by atoms with Gasteiger partial charge in [-0.1, -0.05) is 0 Å². The molecule has 2 aromatic rings. The Kier molecular flexibility index (Phi) is 5.08. The quantitative estimate of drug-likeness (QED) is 0.698. The van der Waals surface area contributed by atoms with Crippen molar-refractivity contribution in [2.45, 2.75) is 52.7 Å². The van der Waals surface area contributed by atoms with Crippen molar-refractivity contribution in [2.75, 3.05) is 4.90 Å². The lowest BCUT2D eigenvalue weighted by Crippen LogP contribution is -2.44. The number of ether oxygens (including phenoxy) is 2. The smallest absolute Gasteiger partial charge is 0.424 e. The highest BCUT2D eigenvalue weighted by molar-refractivity contribution is 9.10. The lowest BCUT2D eigenvalue weighted by molar-refractivity contribution is 0.0430. The van der Waals surface area contributed by atoms with E-state index in [1.165, 1.54) is 17.0 Å². The van der Waals surface area contributed by atoms with Crippen LogP contribution in [-0.2, 0) is 9.47 Å². The Morgan fingerprint density at radius 3 is 2.08 bits per heavy atom. The van der Waals surface area contributed by atoms with E-state index in [1.807, 2.05) is 0 Å². The molecule has 9 heteroatoms. The summed E-state index contributed by atoms with van der Waals surface area (Å²) < 4.78 is 12.7. The molecule has 2 aromatic heterocycles. The molecule has 2 rings (SSSR count). The van der Waals surface area contributed by atoms with Gasteiger partial charge in [0.1, 0.15) is 17.5 Å². The fourth-order valence-corrected chi connectivity index (χ4v) is 2.41. The van der Waals surface area contributed by atoms with Crippen molar-refractivity contribution < 1.29 is 19.1 Å². The third kappa shape index (κ3) is 4.91. The lowest BCUT2D eigenvalue weighted by Gasteiger charge is -2.28. The van der Waals surface area contributed by atoms with Crippen LogP contribution in [0.15, 0.2) is 23.1 Å². The normalized spacial score (nSPS) is 12.1. The SMILES string of the molecule is CC(C)(C)OC(=O)N(C(=O)OC(C)(C)C)c1cc(Br)c2ncnn2c1. The number of nitrogens with zero attached hydrogens (tertiary/aromatic N) is 4. The number of amides is 2. The van der Waals surface area contributed by atoms with Crippen LogP contribution in [0.4, 0.5) is 15.3 Å². The van der Waals surface area contributed by atoms with Crippen molar-refractivity contribution in [1.29, 1.82) is 0 Å². The van der Waals surface area contributed by atoms with Crippen LogP contribution < -0.4 is 4.90 Å². The van der Waals surface area contributed by atoms with Crippen molar-refractivity contribution in [3.8, 4) is 0 Å². The molecule has 0 aliphatic heterocycles. The Labute approximate surface area is 154 Å². The summed E-state index contributed by atoms with van der Waals surface area (Å²) in [6.07, 6.45) is 1.19. The van der Waals surface area contributed by atoms with Gasteiger partial charge in [0.15, 0.2) is 5.65 Å². The first-order chi connectivity index (χ1) is 11.4. The van der Waals surface area contributed by atoms with E-state index in [9.17, 15) is 9.59 Å². The summed E-state index contributed by atoms with van der Waals surface area (Å²) in [5.41, 5.74) is -0.747. The van der Waals surface area contributed by atoms with Crippen LogP contribution in [0.2, 0.25) is 0 Å². The number of anilines is 1. The third-order valence-electron chi connectivity index (χ3n) is 2.73. The zero-order valence-electron chi connectivity index (χ0n) is 15.0. The van der Waals surface area contributed by atoms with Gasteiger partial charge in [-0.3, -0.25) is 0 Å². The van der Waals surface area contributed by atoms with E-state index in [0.29, 0.717) is 10.1 Å². The van der Waals surface area contributed by atoms with Gasteiger partial charge in [-0.05, 0) is 63.5 Å². The molecule has 0 aromatic carbocycles. The number of aromatic nitrogens is 3. The van der Waals surface area contributed by atoms with Gasteiger partial charge in [-0.25, -0.2) is 19.1 Å². The van der Waals surface area contributed by atoms with E-state index in [0.717, 1.165) is 4.90 Å². The van der Waals surface area contributed by atoms with Gasteiger partial charge in [-0.15, -0.1) is 0 Å². The van der Waals surface area contributed by atoms with E-state index in [1.54, 1.807) is 47.6 Å². The second kappa shape index (κ2) is 6.62. The van der Waals surface area contributed by atoms with Crippen LogP contribution in [-0.4, -0.2) is 38.0 Å². The highest BCUT2D eigenvalue weighted by Gasteiger charge is 2.33. The minimum Gasteiger partial charge on any atom is -0.443 e. The molecule has 136 valence electrons. The van der Waals surface area contributed by atoms with Crippen LogP contribution in [0.25, 0.3) is 5.65 Å². The summed E-state index contributed by atoms with van der Waals surface area (Å²) in [4.78, 5) is 30.1. The van der Waals surface area contributed by atoms with Crippen LogP contribution in [0.3, 0.4) is 0 Å². The van der Waals surface area contributed by atoms with Crippen molar-refractivity contribution in [1.82, 2.24) is 14.6 Å². The molecule has 0 radical (unpaired) electrons. The molecular formula is C16H21BrN4O4. The number of carbonyl (C=O) groups excluding carboxylic acids is 2. The fraction of sp³-hybridized carbons (Fsp3) is 0.500. The maximum absolute atomic E-state index is 12.6. The molecule has 0 saturated carbocycles. The van der Waals surface area contributed by atoms with Gasteiger partial charge in [0.25, 0.3) is 0 Å². The molecular weight excluding hydrogens is 392 g/mol. The first kappa shape index (κ1) is 19.2. The van der Waals surface area contributed by atoms with E-state index in [-0.39, 0.29) is 5.69 Å². The minimum absolute atomic E-state index is 0.244. The fourth-order valence-electron chi connectivity index (χ4n) is 1.90. The average molecular weight is 413 g/mol. The molecule has 0 bridgehead atoms. The Hall–Kier alpha value is -2.16. The van der Waals surface area contributed by atoms with Crippen molar-refractivity contribution in [3.63, 3.8) is 0 Å². The van der Waals surface area contributed by atoms with E-state index < -0.39 is 23.4 Å². The number of hydrogen-bond acceptors (Lipinski definition) is 6. The molecule has 0 atom stereocenters. The van der Waals surface area contributed by atoms with Crippen molar-refractivity contribution in [2.24, 2.45) is 0 Å². The zero-order valence-corrected chi connectivity index (χ0v) is 16.6. The molecule has 2 amide bonds. The van der Waals surface area contributed by atoms with Crippen LogP contribution in [0.1, 0.15) is 41.5 Å². The Balaban J connectivity index is 2.48. The van der Waals surface area contributed by atoms with E-state index >= 15 is 0 Å². The van der Waals surface area contributed by atoms with Crippen LogP contribution in [0, 0.1) is 0 Å². The molecule has 0 aliphatic carbocycles. The van der Waals surface area contributed by atoms with Gasteiger partial charge in [0.2, 0.25) is 0 Å². The topological polar surface area (TPSA) is 86.0 Å². The van der Waals surface area contributed by atoms with Gasteiger partial charge in [-0.2, -0.15) is 10.00 Å². The predicted octanol–water partition coefficient (Wildman–Crippen LogP) is 4.17. The van der Waals surface area contributed by atoms with Crippen molar-refractivity contribution in [3.05, 3.63) is 23.1 Å². The lowest BCUT2D eigenvalue weighted by atomic mass is 10.2. The maximum Gasteiger partial charge on any atom is 0.424 e. The highest BCUT2D eigenvalue weighted by Crippen LogP contribution is 2.26. The number of rotatable bonds is 1. The molecule has 0 N–H and O–H groups in total. The molecule has 0 unspecified atom stereocenters. The molecule has 0 fully saturated rings. The van der Waals surface area contributed by atoms with Gasteiger partial charge in [0, 0.05) is 0 Å². The average Bonchev–Trinajstić information content (AvgIpc) is 2.82. The number of imide groups is 1. The standard InChI is InChI=1S/C16H21BrN4O4/c1-15(2,3)24-13(22)21(14(23)25-16(4,5)6)10-7-11(17)12-18-9-19-20(12)8-10/h7-9H,1-6H3. The van der Waals surface area contributed by atoms with Crippen LogP contribution in [0.5, 0.6) is 0 Å². The van der Waals surface area contributed by atoms with Crippen LogP contribution >= 0.6 is 15.9 Å².